The third-order valence-electron chi connectivity index (χ3n) is 18.2. The van der Waals surface area contributed by atoms with Gasteiger partial charge in [-0.05, 0) is 140 Å². The van der Waals surface area contributed by atoms with E-state index in [2.05, 4.69) is 243 Å². The summed E-state index contributed by atoms with van der Waals surface area (Å²) < 4.78 is 5.38. The van der Waals surface area contributed by atoms with Gasteiger partial charge in [-0.25, -0.2) is 0 Å². The van der Waals surface area contributed by atoms with Crippen molar-refractivity contribution in [2.45, 2.75) is 114 Å². The zero-order chi connectivity index (χ0) is 51.9. The Morgan fingerprint density at radius 2 is 1.12 bits per heavy atom. The maximum atomic E-state index is 2.81. The molecule has 2 aromatic heterocycles. The fourth-order valence-electron chi connectivity index (χ4n) is 13.9. The van der Waals surface area contributed by atoms with Crippen molar-refractivity contribution in [1.29, 1.82) is 0 Å². The SMILES string of the molecule is Cc1cc2c(cc1N1c3cc4c(cc3B3c5c1cc1c(sc6ccccc61)c5-c1c(ccc5c1sc1ccccc15)N3c1ccc(C(C)(C)C)cc1-c1ccccc1)C(C)(C)c1ccccc1S4)C(C)(C)CCC2(C)C. The zero-order valence-electron chi connectivity index (χ0n) is 45.2. The highest BCUT2D eigenvalue weighted by atomic mass is 32.2. The van der Waals surface area contributed by atoms with Crippen LogP contribution < -0.4 is 20.6 Å². The first kappa shape index (κ1) is 46.7. The monoisotopic (exact) mass is 1040 g/mol. The third-order valence-corrected chi connectivity index (χ3v) is 21.8. The summed E-state index contributed by atoms with van der Waals surface area (Å²) in [7, 11) is 0. The Kier molecular flexibility index (Phi) is 9.84. The Bertz CT molecular complexity index is 4320. The molecule has 0 spiro atoms. The average molecular weight is 1040 g/mol. The lowest BCUT2D eigenvalue weighted by atomic mass is 9.43. The van der Waals surface area contributed by atoms with Crippen molar-refractivity contribution in [2.24, 2.45) is 0 Å². The summed E-state index contributed by atoms with van der Waals surface area (Å²) in [5.74, 6) is 0. The van der Waals surface area contributed by atoms with Crippen molar-refractivity contribution < 1.29 is 0 Å². The van der Waals surface area contributed by atoms with E-state index in [1.165, 1.54) is 152 Å². The van der Waals surface area contributed by atoms with Crippen molar-refractivity contribution in [3.63, 3.8) is 0 Å². The Balaban J connectivity index is 1.15. The number of rotatable bonds is 3. The lowest BCUT2D eigenvalue weighted by molar-refractivity contribution is 0.332. The first-order valence-electron chi connectivity index (χ1n) is 27.3. The zero-order valence-corrected chi connectivity index (χ0v) is 47.6. The minimum absolute atomic E-state index is 0.0242. The minimum Gasteiger partial charge on any atom is -0.376 e. The minimum atomic E-state index is -0.239. The quantitative estimate of drug-likeness (QED) is 0.163. The van der Waals surface area contributed by atoms with Crippen LogP contribution in [-0.2, 0) is 21.7 Å². The van der Waals surface area contributed by atoms with Crippen molar-refractivity contribution in [1.82, 2.24) is 0 Å². The van der Waals surface area contributed by atoms with Crippen LogP contribution in [0.1, 0.15) is 109 Å². The molecule has 0 atom stereocenters. The maximum absolute atomic E-state index is 2.81. The Hall–Kier alpha value is -6.57. The number of hydrogen-bond acceptors (Lipinski definition) is 5. The van der Waals surface area contributed by atoms with E-state index in [9.17, 15) is 0 Å². The Morgan fingerprint density at radius 1 is 0.487 bits per heavy atom. The summed E-state index contributed by atoms with van der Waals surface area (Å²) >= 11 is 5.90. The van der Waals surface area contributed by atoms with E-state index in [-0.39, 0.29) is 28.5 Å². The number of thiophene rings is 2. The molecule has 15 rings (SSSR count). The van der Waals surface area contributed by atoms with Crippen LogP contribution in [0, 0.1) is 6.92 Å². The maximum Gasteiger partial charge on any atom is 0.333 e. The molecule has 0 bridgehead atoms. The van der Waals surface area contributed by atoms with E-state index in [1.807, 2.05) is 34.4 Å². The van der Waals surface area contributed by atoms with Crippen LogP contribution >= 0.6 is 34.4 Å². The molecule has 0 unspecified atom stereocenters. The molecule has 9 aromatic carbocycles. The molecule has 0 fully saturated rings. The Labute approximate surface area is 460 Å². The van der Waals surface area contributed by atoms with E-state index in [4.69, 9.17) is 0 Å². The molecule has 0 saturated carbocycles. The van der Waals surface area contributed by atoms with Gasteiger partial charge in [0.05, 0.1) is 0 Å². The van der Waals surface area contributed by atoms with Gasteiger partial charge in [0.25, 0.3) is 0 Å². The van der Waals surface area contributed by atoms with Crippen LogP contribution in [0.3, 0.4) is 0 Å². The molecule has 6 heteroatoms. The molecule has 1 aliphatic carbocycles. The van der Waals surface area contributed by atoms with Crippen molar-refractivity contribution in [3.05, 3.63) is 197 Å². The number of fused-ring (bicyclic) bond motifs is 15. The van der Waals surface area contributed by atoms with Crippen LogP contribution in [0.25, 0.3) is 62.6 Å². The van der Waals surface area contributed by atoms with Crippen LogP contribution in [0.5, 0.6) is 0 Å². The largest absolute Gasteiger partial charge is 0.376 e. The summed E-state index contributed by atoms with van der Waals surface area (Å²) in [5.41, 5.74) is 22.5. The lowest BCUT2D eigenvalue weighted by Gasteiger charge is -2.48. The third kappa shape index (κ3) is 6.53. The molecule has 11 aromatic rings. The summed E-state index contributed by atoms with van der Waals surface area (Å²) in [6, 6.07) is 64.1. The molecule has 5 heterocycles. The number of nitrogens with zero attached hydrogens (tertiary/aromatic N) is 2. The van der Waals surface area contributed by atoms with Crippen molar-refractivity contribution in [3.8, 4) is 22.3 Å². The molecule has 76 heavy (non-hydrogen) atoms. The van der Waals surface area contributed by atoms with Gasteiger partial charge in [-0.2, -0.15) is 0 Å². The number of hydrogen-bond donors (Lipinski definition) is 0. The standard InChI is InChI=1S/C70H61BN2S3/c1-40-34-49-50(69(7,8)33-32-68(49,5)6)38-55(40)72-56-39-61-51(70(9,10)48-24-16-19-27-60(48)74-61)37-52(56)71-64-57(72)36-47-44-23-15-18-26-59(44)76-66(47)63(64)62-54(31-29-45-43-22-14-17-25-58(43)75-65(45)62)73(71)53-30-28-42(67(2,3)4)35-46(53)41-20-12-11-13-21-41/h11-31,34-39H,32-33H2,1-10H3. The first-order chi connectivity index (χ1) is 36.5. The van der Waals surface area contributed by atoms with E-state index in [1.54, 1.807) is 0 Å². The summed E-state index contributed by atoms with van der Waals surface area (Å²) in [5, 5.41) is 5.30. The van der Waals surface area contributed by atoms with Crippen molar-refractivity contribution in [2.75, 3.05) is 9.71 Å². The van der Waals surface area contributed by atoms with E-state index in [0.29, 0.717) is 0 Å². The predicted molar refractivity (Wildman–Crippen MR) is 333 cm³/mol. The van der Waals surface area contributed by atoms with Gasteiger partial charge in [-0.15, -0.1) is 22.7 Å². The molecule has 0 N–H and O–H groups in total. The molecule has 0 radical (unpaired) electrons. The molecular formula is C70H61BN2S3. The number of aryl methyl sites for hydroxylation is 1. The fraction of sp³-hybridized carbons (Fsp3) is 0.229. The van der Waals surface area contributed by atoms with Gasteiger partial charge in [0.2, 0.25) is 0 Å². The van der Waals surface area contributed by atoms with Crippen molar-refractivity contribution >= 4 is 121 Å². The van der Waals surface area contributed by atoms with Gasteiger partial charge < -0.3 is 9.71 Å². The molecule has 4 aliphatic rings. The van der Waals surface area contributed by atoms with Gasteiger partial charge in [-0.3, -0.25) is 0 Å². The van der Waals surface area contributed by atoms with Gasteiger partial charge in [0.1, 0.15) is 0 Å². The van der Waals surface area contributed by atoms with Crippen LogP contribution in [0.2, 0.25) is 0 Å². The molecule has 0 amide bonds. The molecular weight excluding hydrogens is 976 g/mol. The number of anilines is 5. The van der Waals surface area contributed by atoms with Crippen LogP contribution in [0.4, 0.5) is 28.4 Å². The van der Waals surface area contributed by atoms with E-state index < -0.39 is 0 Å². The molecule has 3 aliphatic heterocycles. The fourth-order valence-corrected chi connectivity index (χ4v) is 17.8. The lowest BCUT2D eigenvalue weighted by Crippen LogP contribution is -2.62. The van der Waals surface area contributed by atoms with Gasteiger partial charge >= 0.3 is 6.85 Å². The second kappa shape index (κ2) is 16.0. The van der Waals surface area contributed by atoms with Gasteiger partial charge in [-0.1, -0.05) is 183 Å². The summed E-state index contributed by atoms with van der Waals surface area (Å²) in [4.78, 5) is 8.25. The second-order valence-electron chi connectivity index (χ2n) is 25.1. The van der Waals surface area contributed by atoms with Crippen LogP contribution in [-0.4, -0.2) is 6.85 Å². The van der Waals surface area contributed by atoms with Crippen LogP contribution in [0.15, 0.2) is 174 Å². The molecule has 2 nitrogen and oxygen atoms in total. The normalized spacial score (nSPS) is 16.6. The summed E-state index contributed by atoms with van der Waals surface area (Å²) in [6.07, 6.45) is 2.34. The Morgan fingerprint density at radius 3 is 1.84 bits per heavy atom. The smallest absolute Gasteiger partial charge is 0.333 e. The molecule has 0 saturated heterocycles. The second-order valence-corrected chi connectivity index (χ2v) is 28.3. The van der Waals surface area contributed by atoms with Gasteiger partial charge in [0.15, 0.2) is 0 Å². The summed E-state index contributed by atoms with van der Waals surface area (Å²) in [6.45, 7) is 24.1. The van der Waals surface area contributed by atoms with E-state index in [0.717, 1.165) is 6.42 Å². The highest BCUT2D eigenvalue weighted by Crippen LogP contribution is 2.59. The highest BCUT2D eigenvalue weighted by molar-refractivity contribution is 7.99. The predicted octanol–water partition coefficient (Wildman–Crippen LogP) is 19.5. The number of benzene rings is 9. The topological polar surface area (TPSA) is 6.48 Å². The molecule has 372 valence electrons. The first-order valence-corrected chi connectivity index (χ1v) is 29.8. The average Bonchev–Trinajstić information content (AvgIpc) is 4.10. The highest BCUT2D eigenvalue weighted by Gasteiger charge is 2.50. The van der Waals surface area contributed by atoms with E-state index >= 15 is 0 Å². The van der Waals surface area contributed by atoms with Gasteiger partial charge in [0, 0.05) is 101 Å².